The van der Waals surface area contributed by atoms with Gasteiger partial charge in [0.2, 0.25) is 0 Å². The molecule has 2 unspecified atom stereocenters. The minimum absolute atomic E-state index is 0.593. The van der Waals surface area contributed by atoms with Gasteiger partial charge in [-0.3, -0.25) is 13.8 Å². The van der Waals surface area contributed by atoms with Crippen LogP contribution in [0.3, 0.4) is 0 Å². The lowest BCUT2D eigenvalue weighted by atomic mass is 9.76. The Bertz CT molecular complexity index is 1980. The minimum Gasteiger partial charge on any atom is -0.461 e. The molecule has 42 heteroatoms. The highest BCUT2D eigenvalue weighted by Gasteiger charge is 3.03. The summed E-state index contributed by atoms with van der Waals surface area (Å²) in [6.45, 7) is 6.22. The Kier molecular flexibility index (Phi) is 18.3. The fourth-order valence-electron chi connectivity index (χ4n) is 3.09. The molecular formula is C24H20F28O12S2. The van der Waals surface area contributed by atoms with Crippen LogP contribution in [0.25, 0.3) is 0 Å². The van der Waals surface area contributed by atoms with E-state index in [0.717, 1.165) is 0 Å². The van der Waals surface area contributed by atoms with Crippen LogP contribution in [0.1, 0.15) is 41.5 Å². The van der Waals surface area contributed by atoms with Crippen molar-refractivity contribution in [2.75, 3.05) is 0 Å². The van der Waals surface area contributed by atoms with Crippen LogP contribution in [0.15, 0.2) is 24.2 Å². The van der Waals surface area contributed by atoms with Gasteiger partial charge in [-0.05, 0) is 41.5 Å². The summed E-state index contributed by atoms with van der Waals surface area (Å²) in [4.78, 5) is 0. The van der Waals surface area contributed by atoms with Crippen LogP contribution >= 0.6 is 0 Å². The fourth-order valence-corrected chi connectivity index (χ4v) is 3.77. The second kappa shape index (κ2) is 18.6. The molecule has 2 N–H and O–H groups in total. The SMILES string of the molecule is CC(C)(C)OC(F)=C(F)F.CC(C)(C)OC1(F)C(F)(F)C(F)(OC(F)(OC(F)(F)C(F)(F)S(=O)(=O)O)C(F)(F)F)C1(F)F.O=S(=O)(O)C(F)(F)C(F)(F)OC(F)(OC(F)=C(F)F)C(F)(F)F. The molecule has 0 bridgehead atoms. The molecule has 1 rings (SSSR count). The summed E-state index contributed by atoms with van der Waals surface area (Å²) < 4.78 is 430. The lowest BCUT2D eigenvalue weighted by Crippen LogP contribution is -2.89. The number of alkyl halides is 22. The van der Waals surface area contributed by atoms with E-state index < -0.39 is 126 Å². The van der Waals surface area contributed by atoms with E-state index in [1.165, 1.54) is 20.8 Å². The van der Waals surface area contributed by atoms with Crippen LogP contribution in [-0.2, 0) is 48.7 Å². The van der Waals surface area contributed by atoms with Crippen molar-refractivity contribution in [2.24, 2.45) is 0 Å². The van der Waals surface area contributed by atoms with Crippen molar-refractivity contribution in [1.29, 1.82) is 0 Å². The maximum atomic E-state index is 14.2. The highest BCUT2D eigenvalue weighted by Crippen LogP contribution is 2.71. The first kappa shape index (κ1) is 64.9. The summed E-state index contributed by atoms with van der Waals surface area (Å²) >= 11 is 0. The Morgan fingerprint density at radius 1 is 0.424 bits per heavy atom. The molecular weight excluding hydrogens is 1080 g/mol. The average molecular weight is 1100 g/mol. The lowest BCUT2D eigenvalue weighted by Gasteiger charge is -2.58. The van der Waals surface area contributed by atoms with E-state index in [2.05, 4.69) is 14.2 Å². The van der Waals surface area contributed by atoms with Crippen LogP contribution in [0.2, 0.25) is 0 Å². The standard InChI is InChI=1S/C12H10F14O6S.C6HF11O5S.C6H9F3O/c1-4(2,3)30-7(17)5(13,14)8(18,6(7,15)16)31-12(26,9(19,20)21)32-10(22,23)11(24,25)33(27,28)29;7-1(8)2(9)21-6(17,3(10,11)12)22-4(13,14)5(15,16)23(18,19)20;1-6(2,3)10-5(9)4(7)8/h1-3H3,(H,27,28,29);(H,18,19,20);1-3H3. The summed E-state index contributed by atoms with van der Waals surface area (Å²) in [7, 11) is -14.6. The van der Waals surface area contributed by atoms with Crippen LogP contribution in [-0.4, -0.2) is 108 Å². The summed E-state index contributed by atoms with van der Waals surface area (Å²) in [5, 5.41) is -14.1. The van der Waals surface area contributed by atoms with Gasteiger partial charge in [-0.15, -0.1) is 0 Å². The van der Waals surface area contributed by atoms with Crippen molar-refractivity contribution >= 4 is 20.2 Å². The first-order valence-corrected chi connectivity index (χ1v) is 17.6. The third-order valence-electron chi connectivity index (χ3n) is 5.77. The molecule has 0 aliphatic heterocycles. The second-order valence-electron chi connectivity index (χ2n) is 13.3. The molecule has 0 spiro atoms. The smallest absolute Gasteiger partial charge is 0.461 e. The van der Waals surface area contributed by atoms with Gasteiger partial charge in [0.15, 0.2) is 0 Å². The van der Waals surface area contributed by atoms with Gasteiger partial charge in [0.05, 0.1) is 5.60 Å². The Balaban J connectivity index is 0. The third-order valence-corrected chi connectivity index (χ3v) is 7.54. The molecule has 0 heterocycles. The van der Waals surface area contributed by atoms with Crippen molar-refractivity contribution in [3.05, 3.63) is 24.2 Å². The molecule has 0 aromatic carbocycles. The van der Waals surface area contributed by atoms with Crippen LogP contribution in [0.5, 0.6) is 0 Å². The number of hydrogen-bond donors (Lipinski definition) is 2. The molecule has 0 saturated heterocycles. The molecule has 1 aliphatic rings. The number of halogens is 28. The first-order chi connectivity index (χ1) is 28.0. The molecule has 0 amide bonds. The molecule has 396 valence electrons. The van der Waals surface area contributed by atoms with Crippen LogP contribution in [0, 0.1) is 0 Å². The maximum absolute atomic E-state index is 14.2. The quantitative estimate of drug-likeness (QED) is 0.0733. The van der Waals surface area contributed by atoms with Crippen LogP contribution < -0.4 is 0 Å². The van der Waals surface area contributed by atoms with Gasteiger partial charge in [-0.1, -0.05) is 0 Å². The molecule has 0 aromatic rings. The number of ether oxygens (including phenoxy) is 6. The number of rotatable bonds is 14. The lowest BCUT2D eigenvalue weighted by molar-refractivity contribution is -0.619. The summed E-state index contributed by atoms with van der Waals surface area (Å²) in [5.74, 6) is -26.1. The van der Waals surface area contributed by atoms with Crippen molar-refractivity contribution < 1.29 is 177 Å². The minimum atomic E-state index is -7.53. The van der Waals surface area contributed by atoms with E-state index in [9.17, 15) is 140 Å². The van der Waals surface area contributed by atoms with Crippen molar-refractivity contribution in [3.8, 4) is 0 Å². The van der Waals surface area contributed by atoms with E-state index in [1.807, 2.05) is 4.74 Å². The summed E-state index contributed by atoms with van der Waals surface area (Å²) in [6.07, 6.45) is -35.2. The average Bonchev–Trinajstić information content (AvgIpc) is 3.00. The van der Waals surface area contributed by atoms with Crippen molar-refractivity contribution in [2.45, 2.75) is 123 Å². The first-order valence-electron chi connectivity index (χ1n) is 14.7. The topological polar surface area (TPSA) is 164 Å². The molecule has 0 radical (unpaired) electrons. The Morgan fingerprint density at radius 3 is 0.894 bits per heavy atom. The van der Waals surface area contributed by atoms with Crippen molar-refractivity contribution in [3.63, 3.8) is 0 Å². The Hall–Kier alpha value is -3.22. The summed E-state index contributed by atoms with van der Waals surface area (Å²) in [5.41, 5.74) is -3.28. The predicted molar refractivity (Wildman–Crippen MR) is 147 cm³/mol. The highest BCUT2D eigenvalue weighted by atomic mass is 32.2. The monoisotopic (exact) mass is 1100 g/mol. The summed E-state index contributed by atoms with van der Waals surface area (Å²) in [6, 6.07) is -19.7. The zero-order valence-corrected chi connectivity index (χ0v) is 33.0. The largest absolute Gasteiger partial charge is 0.491 e. The van der Waals surface area contributed by atoms with Gasteiger partial charge in [-0.25, -0.2) is 9.47 Å². The Labute approximate surface area is 345 Å². The molecule has 66 heavy (non-hydrogen) atoms. The van der Waals surface area contributed by atoms with Gasteiger partial charge in [0.1, 0.15) is 5.60 Å². The molecule has 1 saturated carbocycles. The van der Waals surface area contributed by atoms with Gasteiger partial charge in [-0.2, -0.15) is 140 Å². The van der Waals surface area contributed by atoms with E-state index in [0.29, 0.717) is 20.8 Å². The highest BCUT2D eigenvalue weighted by molar-refractivity contribution is 7.87. The molecule has 2 atom stereocenters. The molecule has 12 nitrogen and oxygen atoms in total. The van der Waals surface area contributed by atoms with Crippen LogP contribution in [0.4, 0.5) is 123 Å². The van der Waals surface area contributed by atoms with Crippen molar-refractivity contribution in [1.82, 2.24) is 0 Å². The molecule has 1 fully saturated rings. The Morgan fingerprint density at radius 2 is 0.682 bits per heavy atom. The van der Waals surface area contributed by atoms with Gasteiger partial charge in [0.25, 0.3) is 0 Å². The maximum Gasteiger partial charge on any atom is 0.491 e. The zero-order valence-electron chi connectivity index (χ0n) is 31.4. The predicted octanol–water partition coefficient (Wildman–Crippen LogP) is 10.9. The van der Waals surface area contributed by atoms with E-state index in [1.54, 1.807) is 9.47 Å². The third kappa shape index (κ3) is 13.1. The molecule has 1 aliphatic carbocycles. The van der Waals surface area contributed by atoms with E-state index >= 15 is 0 Å². The van der Waals surface area contributed by atoms with Gasteiger partial charge >= 0.3 is 115 Å². The molecule has 0 aromatic heterocycles. The number of hydrogen-bond acceptors (Lipinski definition) is 10. The van der Waals surface area contributed by atoms with E-state index in [-0.39, 0.29) is 0 Å². The fraction of sp³-hybridized carbons (Fsp3) is 0.833. The zero-order chi connectivity index (χ0) is 54.6. The second-order valence-corrected chi connectivity index (χ2v) is 16.3. The van der Waals surface area contributed by atoms with E-state index in [4.69, 9.17) is 9.11 Å². The van der Waals surface area contributed by atoms with Gasteiger partial charge < -0.3 is 14.2 Å². The van der Waals surface area contributed by atoms with Gasteiger partial charge in [0, 0.05) is 0 Å². The normalized spacial score (nSPS) is 22.7.